The van der Waals surface area contributed by atoms with Crippen LogP contribution < -0.4 is 24.8 Å². The zero-order valence-corrected chi connectivity index (χ0v) is 33.7. The molecule has 0 saturated heterocycles. The Morgan fingerprint density at radius 1 is 0.580 bits per heavy atom. The van der Waals surface area contributed by atoms with Gasteiger partial charge in [-0.05, 0) is 10.8 Å². The van der Waals surface area contributed by atoms with Gasteiger partial charge in [-0.15, -0.1) is 46.2 Å². The number of alkyl halides is 6. The molecule has 0 heterocycles. The van der Waals surface area contributed by atoms with Crippen LogP contribution in [0.2, 0.25) is 0 Å². The maximum Gasteiger partial charge on any atom is -0.109 e. The first kappa shape index (κ1) is 43.3. The Morgan fingerprint density at radius 2 is 0.940 bits per heavy atom. The van der Waals surface area contributed by atoms with Gasteiger partial charge in [0, 0.05) is 0 Å². The van der Waals surface area contributed by atoms with Crippen molar-refractivity contribution in [2.75, 3.05) is 0 Å². The molecule has 0 amide bonds. The number of allylic oxidation sites excluding steroid dienone is 4. The van der Waals surface area contributed by atoms with Crippen molar-refractivity contribution in [3.05, 3.63) is 149 Å². The van der Waals surface area contributed by atoms with Gasteiger partial charge in [-0.2, -0.15) is 6.08 Å². The molecule has 0 radical (unpaired) electrons. The zero-order valence-electron chi connectivity index (χ0n) is 28.6. The van der Waals surface area contributed by atoms with Crippen LogP contribution in [0.5, 0.6) is 0 Å². The van der Waals surface area contributed by atoms with Crippen LogP contribution >= 0.6 is 0 Å². The van der Waals surface area contributed by atoms with Crippen molar-refractivity contribution in [3.8, 4) is 0 Å². The quantitative estimate of drug-likeness (QED) is 0.109. The molecular formula is C41H38Cl2F6Hf-2. The summed E-state index contributed by atoms with van der Waals surface area (Å²) in [5.41, 5.74) is 2.86. The van der Waals surface area contributed by atoms with Gasteiger partial charge in [-0.25, -0.2) is 12.2 Å². The van der Waals surface area contributed by atoms with E-state index in [0.29, 0.717) is 35.0 Å². The standard InChI is InChI=1S/C21H25.C15H8F6.C5H5.2ClH.Hf/c1-20(2,3)16-9-7-14-11-15-8-10-17(21(4,5)6)13-19(15)18(14)12-16;16-14(17,18)12-5-1-10(2-6-12)9-11-3-7-13(8-4-11)15(19,20)21;1-2-4-5-3-1;;;/h7-13H,1-6H3;1-8H;1-3H,4H2;2*1H;/q-1;;-1;;;+2/p-2. The molecule has 0 atom stereocenters. The largest absolute Gasteiger partial charge is 1.00 e. The van der Waals surface area contributed by atoms with Crippen LogP contribution in [-0.4, -0.2) is 3.26 Å². The summed E-state index contributed by atoms with van der Waals surface area (Å²) in [5, 5.41) is 5.49. The summed E-state index contributed by atoms with van der Waals surface area (Å²) in [6, 6.07) is 25.4. The average molecular weight is 894 g/mol. The first-order valence-corrected chi connectivity index (χ1v) is 17.3. The molecule has 0 aliphatic heterocycles. The van der Waals surface area contributed by atoms with Gasteiger partial charge < -0.3 is 24.8 Å². The minimum Gasteiger partial charge on any atom is -1.00 e. The van der Waals surface area contributed by atoms with E-state index in [1.54, 1.807) is 0 Å². The third-order valence-electron chi connectivity index (χ3n) is 8.03. The van der Waals surface area contributed by atoms with Crippen molar-refractivity contribution in [2.45, 2.75) is 71.1 Å². The second-order valence-corrected chi connectivity index (χ2v) is 15.6. The summed E-state index contributed by atoms with van der Waals surface area (Å²) in [7, 11) is 0. The van der Waals surface area contributed by atoms with Crippen molar-refractivity contribution in [2.24, 2.45) is 0 Å². The molecule has 0 nitrogen and oxygen atoms in total. The van der Waals surface area contributed by atoms with E-state index in [4.69, 9.17) is 0 Å². The number of hydrogen-bond donors (Lipinski definition) is 0. The third kappa shape index (κ3) is 11.3. The van der Waals surface area contributed by atoms with Crippen LogP contribution in [0.1, 0.15) is 81.3 Å². The fourth-order valence-corrected chi connectivity index (χ4v) is 6.29. The van der Waals surface area contributed by atoms with Crippen LogP contribution in [0.4, 0.5) is 26.3 Å². The van der Waals surface area contributed by atoms with E-state index in [2.05, 4.69) is 96.2 Å². The molecular weight excluding hydrogens is 856 g/mol. The molecule has 9 heteroatoms. The summed E-state index contributed by atoms with van der Waals surface area (Å²) in [6.07, 6.45) is 1.19. The number of hydrogen-bond acceptors (Lipinski definition) is 0. The Bertz CT molecular complexity index is 1790. The van der Waals surface area contributed by atoms with E-state index >= 15 is 0 Å². The molecule has 264 valence electrons. The smallest absolute Gasteiger partial charge is 0.109 e. The van der Waals surface area contributed by atoms with Crippen LogP contribution in [0.25, 0.3) is 21.5 Å². The fourth-order valence-electron chi connectivity index (χ4n) is 5.09. The number of rotatable bonds is 2. The monoisotopic (exact) mass is 894 g/mol. The summed E-state index contributed by atoms with van der Waals surface area (Å²) >= 11 is 0.493. The Morgan fingerprint density at radius 3 is 1.20 bits per heavy atom. The first-order valence-electron chi connectivity index (χ1n) is 15.5. The molecule has 0 spiro atoms. The minimum absolute atomic E-state index is 0. The molecule has 1 aliphatic rings. The van der Waals surface area contributed by atoms with Gasteiger partial charge in [0.1, 0.15) is 0 Å². The molecule has 0 saturated carbocycles. The van der Waals surface area contributed by atoms with Gasteiger partial charge in [0.15, 0.2) is 0 Å². The molecule has 5 aromatic carbocycles. The van der Waals surface area contributed by atoms with Gasteiger partial charge >= 0.3 is 137 Å². The van der Waals surface area contributed by atoms with Crippen LogP contribution in [-0.2, 0) is 47.1 Å². The maximum atomic E-state index is 12.5. The Balaban J connectivity index is 0.000000293. The molecule has 1 aliphatic carbocycles. The zero-order chi connectivity index (χ0) is 35.5. The fraction of sp³-hybridized carbons (Fsp3) is 0.268. The molecule has 0 bridgehead atoms. The number of benzene rings is 4. The van der Waals surface area contributed by atoms with Crippen LogP contribution in [0, 0.1) is 6.08 Å². The predicted molar refractivity (Wildman–Crippen MR) is 182 cm³/mol. The molecule has 0 fully saturated rings. The molecule has 6 rings (SSSR count). The van der Waals surface area contributed by atoms with Gasteiger partial charge in [0.05, 0.1) is 0 Å². The molecule has 0 N–H and O–H groups in total. The van der Waals surface area contributed by atoms with Gasteiger partial charge in [0.25, 0.3) is 0 Å². The predicted octanol–water partition coefficient (Wildman–Crippen LogP) is 6.46. The second-order valence-electron chi connectivity index (χ2n) is 13.8. The van der Waals surface area contributed by atoms with Crippen molar-refractivity contribution in [3.63, 3.8) is 0 Å². The van der Waals surface area contributed by atoms with Crippen molar-refractivity contribution in [1.29, 1.82) is 0 Å². The topological polar surface area (TPSA) is 0 Å². The average Bonchev–Trinajstić information content (AvgIpc) is 3.71. The third-order valence-corrected chi connectivity index (χ3v) is 10.1. The Hall–Kier alpha value is -2.87. The van der Waals surface area contributed by atoms with E-state index in [-0.39, 0.29) is 35.6 Å². The second kappa shape index (κ2) is 17.1. The van der Waals surface area contributed by atoms with E-state index in [1.807, 2.05) is 12.2 Å². The summed E-state index contributed by atoms with van der Waals surface area (Å²) in [4.78, 5) is 0. The van der Waals surface area contributed by atoms with Gasteiger partial charge in [0.2, 0.25) is 0 Å². The van der Waals surface area contributed by atoms with Gasteiger partial charge in [-0.3, -0.25) is 6.08 Å². The van der Waals surface area contributed by atoms with E-state index < -0.39 is 23.5 Å². The summed E-state index contributed by atoms with van der Waals surface area (Å²) in [6.45, 7) is 13.7. The van der Waals surface area contributed by atoms with E-state index in [1.165, 1.54) is 56.9 Å². The van der Waals surface area contributed by atoms with Crippen molar-refractivity contribution < 1.29 is 75.0 Å². The van der Waals surface area contributed by atoms with E-state index in [0.717, 1.165) is 33.9 Å². The summed E-state index contributed by atoms with van der Waals surface area (Å²) in [5.74, 6) is 0. The van der Waals surface area contributed by atoms with E-state index in [9.17, 15) is 26.3 Å². The van der Waals surface area contributed by atoms with Crippen molar-refractivity contribution in [1.82, 2.24) is 0 Å². The van der Waals surface area contributed by atoms with Crippen molar-refractivity contribution >= 4 is 24.8 Å². The first-order chi connectivity index (χ1) is 22.2. The summed E-state index contributed by atoms with van der Waals surface area (Å²) < 4.78 is 75.7. The molecule has 0 unspecified atom stereocenters. The minimum atomic E-state index is -4.40. The Labute approximate surface area is 317 Å². The molecule has 50 heavy (non-hydrogen) atoms. The van der Waals surface area contributed by atoms with Gasteiger partial charge in [-0.1, -0.05) is 76.9 Å². The number of halogens is 8. The molecule has 5 aromatic rings. The maximum absolute atomic E-state index is 12.5. The van der Waals surface area contributed by atoms with Crippen LogP contribution in [0.15, 0.2) is 109 Å². The Kier molecular flexibility index (Phi) is 14.8. The molecule has 0 aromatic heterocycles. The normalized spacial score (nSPS) is 12.8. The number of fused-ring (bicyclic) bond motifs is 3. The SMILES string of the molecule is CC(C)(C)c1ccc2[cH-]c3ccc(C(C)(C)C)cc3c2c1.FC(F)(F)c1ccc([C](=[Hf+2])c2ccc(C(F)(F)F)cc2)cc1.[C-]1=CC=CC1.[Cl-].[Cl-]. The van der Waals surface area contributed by atoms with Crippen LogP contribution in [0.3, 0.4) is 0 Å².